The number of nitrogens with zero attached hydrogens (tertiary/aromatic N) is 2. The van der Waals surface area contributed by atoms with Gasteiger partial charge in [0.05, 0.1) is 0 Å². The summed E-state index contributed by atoms with van der Waals surface area (Å²) >= 11 is 0. The van der Waals surface area contributed by atoms with Crippen LogP contribution in [0.1, 0.15) is 12.5 Å². The van der Waals surface area contributed by atoms with Gasteiger partial charge in [0.15, 0.2) is 0 Å². The maximum Gasteiger partial charge on any atom is 0.410 e. The van der Waals surface area contributed by atoms with Gasteiger partial charge in [0, 0.05) is 19.6 Å². The van der Waals surface area contributed by atoms with Crippen LogP contribution in [0.4, 0.5) is 4.79 Å². The van der Waals surface area contributed by atoms with Gasteiger partial charge >= 0.3 is 6.09 Å². The number of rotatable bonds is 2. The highest BCUT2D eigenvalue weighted by Gasteiger charge is 2.30. The van der Waals surface area contributed by atoms with Crippen molar-refractivity contribution in [3.63, 3.8) is 0 Å². The Labute approximate surface area is 112 Å². The number of carbonyl (C=O) groups is 2. The largest absolute Gasteiger partial charge is 0.445 e. The van der Waals surface area contributed by atoms with Gasteiger partial charge in [0.2, 0.25) is 5.91 Å². The average Bonchev–Trinajstić information content (AvgIpc) is 2.42. The Morgan fingerprint density at radius 1 is 1.37 bits per heavy atom. The van der Waals surface area contributed by atoms with Crippen molar-refractivity contribution in [2.24, 2.45) is 0 Å². The first kappa shape index (κ1) is 13.4. The van der Waals surface area contributed by atoms with Crippen LogP contribution in [0.15, 0.2) is 30.3 Å². The van der Waals surface area contributed by atoms with Crippen LogP contribution in [0.25, 0.3) is 0 Å². The molecule has 19 heavy (non-hydrogen) atoms. The lowest BCUT2D eigenvalue weighted by atomic mass is 10.2. The molecule has 2 amide bonds. The third-order valence-electron chi connectivity index (χ3n) is 3.33. The normalized spacial score (nSPS) is 19.5. The Bertz CT molecular complexity index is 461. The van der Waals surface area contributed by atoms with Crippen molar-refractivity contribution in [3.8, 4) is 0 Å². The Kier molecular flexibility index (Phi) is 4.04. The summed E-state index contributed by atoms with van der Waals surface area (Å²) in [5.74, 6) is -0.0598. The molecule has 1 aromatic carbocycles. The molecule has 0 saturated carbocycles. The molecule has 0 N–H and O–H groups in total. The number of piperazine rings is 1. The molecule has 0 radical (unpaired) electrons. The molecule has 5 nitrogen and oxygen atoms in total. The van der Waals surface area contributed by atoms with Crippen molar-refractivity contribution in [3.05, 3.63) is 35.9 Å². The standard InChI is InChI=1S/C14H18N2O3/c1-11-8-16(9-13(17)15(11)2)14(18)19-10-12-6-4-3-5-7-12/h3-7,11H,8-10H2,1-2H3. The number of amides is 2. The van der Waals surface area contributed by atoms with Crippen molar-refractivity contribution in [1.82, 2.24) is 9.80 Å². The Hall–Kier alpha value is -2.04. The summed E-state index contributed by atoms with van der Waals surface area (Å²) < 4.78 is 5.22. The monoisotopic (exact) mass is 262 g/mol. The van der Waals surface area contributed by atoms with Crippen LogP contribution in [-0.4, -0.2) is 48.0 Å². The zero-order chi connectivity index (χ0) is 13.8. The summed E-state index contributed by atoms with van der Waals surface area (Å²) in [5, 5.41) is 0. The summed E-state index contributed by atoms with van der Waals surface area (Å²) in [6.07, 6.45) is -0.433. The second-order valence-corrected chi connectivity index (χ2v) is 4.77. The fraction of sp³-hybridized carbons (Fsp3) is 0.429. The van der Waals surface area contributed by atoms with E-state index in [4.69, 9.17) is 4.74 Å². The molecular formula is C14H18N2O3. The van der Waals surface area contributed by atoms with E-state index in [2.05, 4.69) is 0 Å². The van der Waals surface area contributed by atoms with Gasteiger partial charge in [-0.25, -0.2) is 4.79 Å². The van der Waals surface area contributed by atoms with Gasteiger partial charge in [-0.15, -0.1) is 0 Å². The molecule has 0 aliphatic carbocycles. The van der Waals surface area contributed by atoms with Crippen molar-refractivity contribution in [2.45, 2.75) is 19.6 Å². The number of carbonyl (C=O) groups excluding carboxylic acids is 2. The first-order valence-electron chi connectivity index (χ1n) is 6.29. The lowest BCUT2D eigenvalue weighted by Crippen LogP contribution is -2.55. The summed E-state index contributed by atoms with van der Waals surface area (Å²) in [6, 6.07) is 9.50. The van der Waals surface area contributed by atoms with Crippen molar-refractivity contribution in [2.75, 3.05) is 20.1 Å². The molecule has 1 atom stereocenters. The molecule has 0 spiro atoms. The molecule has 1 saturated heterocycles. The first-order chi connectivity index (χ1) is 9.08. The molecule has 0 bridgehead atoms. The Balaban J connectivity index is 1.88. The van der Waals surface area contributed by atoms with Crippen molar-refractivity contribution >= 4 is 12.0 Å². The lowest BCUT2D eigenvalue weighted by molar-refractivity contribution is -0.136. The highest BCUT2D eigenvalue weighted by molar-refractivity contribution is 5.83. The molecule has 5 heteroatoms. The summed E-state index contributed by atoms with van der Waals surface area (Å²) in [4.78, 5) is 26.7. The van der Waals surface area contributed by atoms with E-state index in [1.165, 1.54) is 4.90 Å². The van der Waals surface area contributed by atoms with Gasteiger partial charge in [-0.3, -0.25) is 9.69 Å². The average molecular weight is 262 g/mol. The van der Waals surface area contributed by atoms with E-state index in [1.54, 1.807) is 11.9 Å². The van der Waals surface area contributed by atoms with Crippen LogP contribution >= 0.6 is 0 Å². The van der Waals surface area contributed by atoms with E-state index in [-0.39, 0.29) is 25.1 Å². The van der Waals surface area contributed by atoms with E-state index in [1.807, 2.05) is 37.3 Å². The second kappa shape index (κ2) is 5.73. The zero-order valence-electron chi connectivity index (χ0n) is 11.2. The van der Waals surface area contributed by atoms with E-state index < -0.39 is 6.09 Å². The van der Waals surface area contributed by atoms with Gasteiger partial charge in [-0.05, 0) is 12.5 Å². The van der Waals surface area contributed by atoms with Crippen LogP contribution in [0, 0.1) is 0 Å². The van der Waals surface area contributed by atoms with Gasteiger partial charge in [0.1, 0.15) is 13.2 Å². The molecular weight excluding hydrogens is 244 g/mol. The van der Waals surface area contributed by atoms with Gasteiger partial charge in [0.25, 0.3) is 0 Å². The fourth-order valence-corrected chi connectivity index (χ4v) is 1.98. The Morgan fingerprint density at radius 2 is 2.05 bits per heavy atom. The molecule has 1 heterocycles. The minimum Gasteiger partial charge on any atom is -0.445 e. The second-order valence-electron chi connectivity index (χ2n) is 4.77. The number of hydrogen-bond donors (Lipinski definition) is 0. The SMILES string of the molecule is CC1CN(C(=O)OCc2ccccc2)CC(=O)N1C. The topological polar surface area (TPSA) is 49.9 Å². The first-order valence-corrected chi connectivity index (χ1v) is 6.29. The van der Waals surface area contributed by atoms with Crippen molar-refractivity contribution < 1.29 is 14.3 Å². The number of hydrogen-bond acceptors (Lipinski definition) is 3. The summed E-state index contributed by atoms with van der Waals surface area (Å²) in [5.41, 5.74) is 0.935. The lowest BCUT2D eigenvalue weighted by Gasteiger charge is -2.36. The maximum absolute atomic E-state index is 11.9. The van der Waals surface area contributed by atoms with Gasteiger partial charge in [-0.2, -0.15) is 0 Å². The van der Waals surface area contributed by atoms with Crippen LogP contribution in [0.3, 0.4) is 0 Å². The number of likely N-dealkylation sites (N-methyl/N-ethyl adjacent to an activating group) is 1. The molecule has 0 aromatic heterocycles. The highest BCUT2D eigenvalue weighted by Crippen LogP contribution is 2.10. The van der Waals surface area contributed by atoms with E-state index in [9.17, 15) is 9.59 Å². The number of benzene rings is 1. The van der Waals surface area contributed by atoms with Gasteiger partial charge < -0.3 is 9.64 Å². The smallest absolute Gasteiger partial charge is 0.410 e. The van der Waals surface area contributed by atoms with Gasteiger partial charge in [-0.1, -0.05) is 30.3 Å². The van der Waals surface area contributed by atoms with Crippen LogP contribution in [-0.2, 0) is 16.1 Å². The number of ether oxygens (including phenoxy) is 1. The summed E-state index contributed by atoms with van der Waals surface area (Å²) in [7, 11) is 1.75. The molecule has 1 aromatic rings. The molecule has 102 valence electrons. The van der Waals surface area contributed by atoms with Crippen LogP contribution in [0.5, 0.6) is 0 Å². The van der Waals surface area contributed by atoms with E-state index >= 15 is 0 Å². The zero-order valence-corrected chi connectivity index (χ0v) is 11.2. The van der Waals surface area contributed by atoms with Crippen molar-refractivity contribution in [1.29, 1.82) is 0 Å². The third kappa shape index (κ3) is 3.24. The predicted molar refractivity (Wildman–Crippen MR) is 70.4 cm³/mol. The Morgan fingerprint density at radius 3 is 2.68 bits per heavy atom. The molecule has 1 unspecified atom stereocenters. The minimum atomic E-state index is -0.433. The summed E-state index contributed by atoms with van der Waals surface area (Å²) in [6.45, 7) is 2.74. The molecule has 2 rings (SSSR count). The quantitative estimate of drug-likeness (QED) is 0.811. The molecule has 1 aliphatic heterocycles. The maximum atomic E-state index is 11.9. The predicted octanol–water partition coefficient (Wildman–Crippen LogP) is 1.49. The van der Waals surface area contributed by atoms with E-state index in [0.29, 0.717) is 6.54 Å². The minimum absolute atomic E-state index is 0.0190. The van der Waals surface area contributed by atoms with Crippen LogP contribution < -0.4 is 0 Å². The molecule has 1 fully saturated rings. The van der Waals surface area contributed by atoms with E-state index in [0.717, 1.165) is 5.56 Å². The highest BCUT2D eigenvalue weighted by atomic mass is 16.6. The third-order valence-corrected chi connectivity index (χ3v) is 3.33. The van der Waals surface area contributed by atoms with Crippen LogP contribution in [0.2, 0.25) is 0 Å². The molecule has 1 aliphatic rings. The fourth-order valence-electron chi connectivity index (χ4n) is 1.98.